The first-order chi connectivity index (χ1) is 3.93. The molecule has 0 bridgehead atoms. The molecule has 0 unspecified atom stereocenters. The zero-order valence-electron chi connectivity index (χ0n) is 4.29. The zero-order valence-corrected chi connectivity index (χ0v) is 5.11. The van der Waals surface area contributed by atoms with Gasteiger partial charge in [0.15, 0.2) is 0 Å². The molecule has 0 spiro atoms. The number of allylic oxidation sites excluding steroid dienone is 1. The molecule has 0 saturated heterocycles. The van der Waals surface area contributed by atoms with E-state index in [9.17, 15) is 0 Å². The van der Waals surface area contributed by atoms with E-state index in [1.807, 2.05) is 17.5 Å². The highest BCUT2D eigenvalue weighted by Gasteiger charge is 1.81. The van der Waals surface area contributed by atoms with Crippen LogP contribution in [0.5, 0.6) is 0 Å². The van der Waals surface area contributed by atoms with Crippen molar-refractivity contribution in [3.63, 3.8) is 0 Å². The van der Waals surface area contributed by atoms with Gasteiger partial charge in [-0.25, -0.2) is 0 Å². The van der Waals surface area contributed by atoms with Crippen LogP contribution in [0.25, 0.3) is 0 Å². The number of thiophene rings is 1. The van der Waals surface area contributed by atoms with E-state index in [1.165, 1.54) is 6.08 Å². The summed E-state index contributed by atoms with van der Waals surface area (Å²) in [4.78, 5) is 1.08. The summed E-state index contributed by atoms with van der Waals surface area (Å²) in [6.07, 6.45) is 4.28. The first-order valence-electron chi connectivity index (χ1n) is 2.27. The molecule has 0 aliphatic rings. The lowest BCUT2D eigenvalue weighted by Crippen LogP contribution is -1.54. The normalized spacial score (nSPS) is 10.6. The molecule has 0 N–H and O–H groups in total. The molecule has 0 aliphatic heterocycles. The van der Waals surface area contributed by atoms with Crippen molar-refractivity contribution < 1.29 is 0 Å². The molecule has 0 aromatic carbocycles. The molecule has 1 aromatic rings. The zero-order chi connectivity index (χ0) is 5.82. The fourth-order valence-electron chi connectivity index (χ4n) is 0.443. The fourth-order valence-corrected chi connectivity index (χ4v) is 1.04. The van der Waals surface area contributed by atoms with E-state index in [0.717, 1.165) is 4.88 Å². The summed E-state index contributed by atoms with van der Waals surface area (Å²) >= 11 is 1.63. The van der Waals surface area contributed by atoms with Gasteiger partial charge in [-0.2, -0.15) is 0 Å². The maximum Gasteiger partial charge on any atom is 0.0346 e. The minimum absolute atomic E-state index is 1.08. The number of rotatable bonds is 1. The van der Waals surface area contributed by atoms with Crippen molar-refractivity contribution >= 4 is 11.3 Å². The van der Waals surface area contributed by atoms with Gasteiger partial charge in [0.25, 0.3) is 0 Å². The van der Waals surface area contributed by atoms with Crippen molar-refractivity contribution in [2.45, 2.75) is 0 Å². The quantitative estimate of drug-likeness (QED) is 0.534. The Bertz CT molecular complexity index is 161. The van der Waals surface area contributed by atoms with E-state index in [1.54, 1.807) is 11.3 Å². The topological polar surface area (TPSA) is 0 Å². The Kier molecular flexibility index (Phi) is 1.86. The molecule has 3 radical (unpaired) electrons. The second kappa shape index (κ2) is 2.68. The number of hydrogen-bond donors (Lipinski definition) is 0. The Labute approximate surface area is 53.5 Å². The molecule has 0 fully saturated rings. The Morgan fingerprint density at radius 1 is 1.75 bits per heavy atom. The van der Waals surface area contributed by atoms with Gasteiger partial charge in [0.1, 0.15) is 0 Å². The van der Waals surface area contributed by atoms with Gasteiger partial charge >= 0.3 is 0 Å². The summed E-state index contributed by atoms with van der Waals surface area (Å²) in [6, 6.07) is 3.94. The summed E-state index contributed by atoms with van der Waals surface area (Å²) in [6.45, 7) is 5.09. The molecule has 0 saturated carbocycles. The second-order valence-electron chi connectivity index (χ2n) is 1.29. The molecular weight excluding hydrogens is 116 g/mol. The molecule has 0 nitrogen and oxygen atoms in total. The second-order valence-corrected chi connectivity index (χ2v) is 2.24. The molecule has 0 atom stereocenters. The monoisotopic (exact) mass is 121 g/mol. The van der Waals surface area contributed by atoms with Crippen molar-refractivity contribution in [3.8, 4) is 0 Å². The highest BCUT2D eigenvalue weighted by atomic mass is 32.1. The third-order valence-corrected chi connectivity index (χ3v) is 1.55. The molecule has 8 heavy (non-hydrogen) atoms. The predicted octanol–water partition coefficient (Wildman–Crippen LogP) is 2.17. The first kappa shape index (κ1) is 5.57. The third kappa shape index (κ3) is 1.20. The van der Waals surface area contributed by atoms with Crippen LogP contribution in [0.2, 0.25) is 0 Å². The molecule has 1 heteroatoms. The molecule has 1 aromatic heterocycles. The largest absolute Gasteiger partial charge is 0.144 e. The molecule has 1 heterocycles. The van der Waals surface area contributed by atoms with E-state index < -0.39 is 0 Å². The van der Waals surface area contributed by atoms with Crippen molar-refractivity contribution in [3.05, 3.63) is 41.5 Å². The fraction of sp³-hybridized carbons (Fsp3) is 0. The maximum atomic E-state index is 5.09. The van der Waals surface area contributed by atoms with Crippen molar-refractivity contribution in [2.24, 2.45) is 0 Å². The van der Waals surface area contributed by atoms with Crippen LogP contribution in [0.3, 0.4) is 0 Å². The van der Waals surface area contributed by atoms with Crippen LogP contribution in [0, 0.1) is 13.0 Å². The van der Waals surface area contributed by atoms with Crippen LogP contribution in [-0.4, -0.2) is 0 Å². The van der Waals surface area contributed by atoms with Crippen LogP contribution < -0.4 is 0 Å². The summed E-state index contributed by atoms with van der Waals surface area (Å²) in [5.74, 6) is 0. The van der Waals surface area contributed by atoms with Crippen molar-refractivity contribution in [1.82, 2.24) is 0 Å². The van der Waals surface area contributed by atoms with Gasteiger partial charge in [-0.1, -0.05) is 12.1 Å². The van der Waals surface area contributed by atoms with Gasteiger partial charge in [-0.3, -0.25) is 0 Å². The van der Waals surface area contributed by atoms with Crippen LogP contribution in [0.1, 0.15) is 4.88 Å². The van der Waals surface area contributed by atoms with Crippen LogP contribution in [0.15, 0.2) is 23.6 Å². The Hall–Kier alpha value is -0.560. The average Bonchev–Trinajstić information content (AvgIpc) is 2.19. The summed E-state index contributed by atoms with van der Waals surface area (Å²) in [7, 11) is 0. The van der Waals surface area contributed by atoms with E-state index in [2.05, 4.69) is 6.08 Å². The Morgan fingerprint density at radius 2 is 2.62 bits per heavy atom. The lowest BCUT2D eigenvalue weighted by atomic mass is 10.4. The number of hydrogen-bond acceptors (Lipinski definition) is 1. The Morgan fingerprint density at radius 3 is 3.12 bits per heavy atom. The average molecular weight is 121 g/mol. The van der Waals surface area contributed by atoms with E-state index in [-0.39, 0.29) is 0 Å². The smallest absolute Gasteiger partial charge is 0.0346 e. The predicted molar refractivity (Wildman–Crippen MR) is 35.5 cm³/mol. The van der Waals surface area contributed by atoms with E-state index >= 15 is 0 Å². The summed E-state index contributed by atoms with van der Waals surface area (Å²) in [5.41, 5.74) is 0. The van der Waals surface area contributed by atoms with Gasteiger partial charge in [0, 0.05) is 4.88 Å². The molecule has 1 rings (SSSR count). The van der Waals surface area contributed by atoms with E-state index in [0.29, 0.717) is 0 Å². The maximum absolute atomic E-state index is 5.09. The highest BCUT2D eigenvalue weighted by Crippen LogP contribution is 2.06. The first-order valence-corrected chi connectivity index (χ1v) is 3.15. The minimum Gasteiger partial charge on any atom is -0.144 e. The Balaban J connectivity index is 2.77. The SMILES string of the molecule is [CH]/C=[C]/c1cccs1. The van der Waals surface area contributed by atoms with E-state index in [4.69, 9.17) is 6.92 Å². The summed E-state index contributed by atoms with van der Waals surface area (Å²) in [5, 5.41) is 1.99. The van der Waals surface area contributed by atoms with Crippen LogP contribution in [0.4, 0.5) is 0 Å². The van der Waals surface area contributed by atoms with Crippen LogP contribution >= 0.6 is 11.3 Å². The molecule has 0 aliphatic carbocycles. The standard InChI is InChI=1S/C7H5S/c1-2-4-7-5-3-6-8-7/h1-3,5-6H. The third-order valence-electron chi connectivity index (χ3n) is 0.747. The molecular formula is C7H5S. The van der Waals surface area contributed by atoms with Gasteiger partial charge < -0.3 is 0 Å². The van der Waals surface area contributed by atoms with Gasteiger partial charge in [0.2, 0.25) is 0 Å². The lowest BCUT2D eigenvalue weighted by Gasteiger charge is -1.73. The highest BCUT2D eigenvalue weighted by molar-refractivity contribution is 7.10. The van der Waals surface area contributed by atoms with Crippen molar-refractivity contribution in [1.29, 1.82) is 0 Å². The molecule has 39 valence electrons. The molecule has 0 amide bonds. The van der Waals surface area contributed by atoms with Crippen molar-refractivity contribution in [2.75, 3.05) is 0 Å². The minimum atomic E-state index is 1.08. The van der Waals surface area contributed by atoms with Gasteiger partial charge in [0.05, 0.1) is 0 Å². The lowest BCUT2D eigenvalue weighted by molar-refractivity contribution is 1.77. The summed E-state index contributed by atoms with van der Waals surface area (Å²) < 4.78 is 0. The van der Waals surface area contributed by atoms with Crippen LogP contribution in [-0.2, 0) is 0 Å². The van der Waals surface area contributed by atoms with Gasteiger partial charge in [-0.15, -0.1) is 11.3 Å². The van der Waals surface area contributed by atoms with Gasteiger partial charge in [-0.05, 0) is 24.4 Å².